The molecule has 1 heterocycles. The van der Waals surface area contributed by atoms with Crippen molar-refractivity contribution in [2.75, 3.05) is 4.31 Å². The predicted molar refractivity (Wildman–Crippen MR) is 123 cm³/mol. The highest BCUT2D eigenvalue weighted by Crippen LogP contribution is 2.37. The molecule has 1 N–H and O–H groups in total. The lowest BCUT2D eigenvalue weighted by atomic mass is 10.0. The highest BCUT2D eigenvalue weighted by atomic mass is 35.5. The van der Waals surface area contributed by atoms with Crippen molar-refractivity contribution < 1.29 is 13.2 Å². The first-order valence-electron chi connectivity index (χ1n) is 10.1. The van der Waals surface area contributed by atoms with Gasteiger partial charge in [-0.2, -0.15) is 0 Å². The fraction of sp³-hybridized carbons (Fsp3) is 0.208. The number of nitrogens with zero attached hydrogens (tertiary/aromatic N) is 1. The first kappa shape index (κ1) is 21.4. The van der Waals surface area contributed by atoms with E-state index in [0.717, 1.165) is 11.1 Å². The van der Waals surface area contributed by atoms with Crippen molar-refractivity contribution >= 4 is 33.2 Å². The number of benzene rings is 3. The monoisotopic (exact) mass is 454 g/mol. The van der Waals surface area contributed by atoms with Gasteiger partial charge in [0.1, 0.15) is 0 Å². The first-order chi connectivity index (χ1) is 14.8. The van der Waals surface area contributed by atoms with Gasteiger partial charge >= 0.3 is 0 Å². The van der Waals surface area contributed by atoms with Gasteiger partial charge in [0.25, 0.3) is 15.9 Å². The van der Waals surface area contributed by atoms with E-state index < -0.39 is 10.0 Å². The van der Waals surface area contributed by atoms with E-state index in [4.69, 9.17) is 11.6 Å². The average Bonchev–Trinajstić information content (AvgIpc) is 3.10. The van der Waals surface area contributed by atoms with Crippen LogP contribution in [0, 0.1) is 0 Å². The minimum absolute atomic E-state index is 0.136. The van der Waals surface area contributed by atoms with E-state index in [2.05, 4.69) is 5.32 Å². The summed E-state index contributed by atoms with van der Waals surface area (Å²) in [5, 5.41) is 3.48. The number of rotatable bonds is 5. The minimum atomic E-state index is -3.73. The molecule has 160 valence electrons. The number of amides is 1. The zero-order chi connectivity index (χ0) is 22.2. The molecule has 1 aliphatic heterocycles. The van der Waals surface area contributed by atoms with Crippen LogP contribution in [0.25, 0.3) is 0 Å². The smallest absolute Gasteiger partial charge is 0.264 e. The summed E-state index contributed by atoms with van der Waals surface area (Å²) < 4.78 is 27.9. The average molecular weight is 455 g/mol. The topological polar surface area (TPSA) is 66.5 Å². The molecule has 3 aromatic carbocycles. The maximum absolute atomic E-state index is 13.2. The van der Waals surface area contributed by atoms with Crippen LogP contribution in [0.15, 0.2) is 77.7 Å². The van der Waals surface area contributed by atoms with Crippen LogP contribution in [-0.2, 0) is 16.4 Å². The summed E-state index contributed by atoms with van der Waals surface area (Å²) in [6.45, 7) is 3.80. The number of nitrogens with one attached hydrogen (secondary N) is 1. The van der Waals surface area contributed by atoms with E-state index in [1.807, 2.05) is 44.2 Å². The number of carbonyl (C=O) groups excluding carboxylic acids is 1. The predicted octanol–water partition coefficient (Wildman–Crippen LogP) is 4.97. The number of anilines is 1. The Kier molecular flexibility index (Phi) is 5.77. The summed E-state index contributed by atoms with van der Waals surface area (Å²) in [6, 6.07) is 20.7. The molecule has 5 nitrogen and oxygen atoms in total. The maximum atomic E-state index is 13.2. The summed E-state index contributed by atoms with van der Waals surface area (Å²) >= 11 is 5.91. The number of hydrogen-bond donors (Lipinski definition) is 1. The molecule has 1 amide bonds. The number of halogens is 1. The third-order valence-corrected chi connectivity index (χ3v) is 7.71. The van der Waals surface area contributed by atoms with E-state index in [1.165, 1.54) is 16.4 Å². The second-order valence-corrected chi connectivity index (χ2v) is 10.0. The Morgan fingerprint density at radius 3 is 2.42 bits per heavy atom. The third-order valence-electron chi connectivity index (χ3n) is 5.51. The van der Waals surface area contributed by atoms with Crippen LogP contribution in [-0.4, -0.2) is 20.4 Å². The molecular formula is C24H23ClN2O3S. The molecule has 31 heavy (non-hydrogen) atoms. The molecule has 0 radical (unpaired) electrons. The van der Waals surface area contributed by atoms with Gasteiger partial charge in [-0.05, 0) is 73.9 Å². The number of hydrogen-bond acceptors (Lipinski definition) is 3. The number of carbonyl (C=O) groups is 1. The molecule has 0 saturated carbocycles. The fourth-order valence-corrected chi connectivity index (χ4v) is 5.75. The van der Waals surface area contributed by atoms with Gasteiger partial charge in [0, 0.05) is 16.6 Å². The van der Waals surface area contributed by atoms with Crippen LogP contribution < -0.4 is 9.62 Å². The van der Waals surface area contributed by atoms with Crippen molar-refractivity contribution in [1.82, 2.24) is 5.32 Å². The second-order valence-electron chi connectivity index (χ2n) is 7.76. The molecule has 0 spiro atoms. The van der Waals surface area contributed by atoms with Gasteiger partial charge in [0.2, 0.25) is 0 Å². The van der Waals surface area contributed by atoms with E-state index in [-0.39, 0.29) is 22.9 Å². The van der Waals surface area contributed by atoms with E-state index >= 15 is 0 Å². The highest BCUT2D eigenvalue weighted by molar-refractivity contribution is 7.92. The molecule has 2 atom stereocenters. The standard InChI is InChI=1S/C24H23ClN2O3S/c1-16-14-20-15-19(24(28)26-17(2)18-6-4-3-5-7-18)8-13-23(20)27(16)31(29,30)22-11-9-21(25)10-12-22/h3-13,15-17H,14H2,1-2H3,(H,26,28)/t16-,17-/m0/s1. The Bertz CT molecular complexity index is 1210. The number of fused-ring (bicyclic) bond motifs is 1. The van der Waals surface area contributed by atoms with Gasteiger partial charge in [-0.1, -0.05) is 41.9 Å². The molecule has 0 bridgehead atoms. The molecule has 0 aromatic heterocycles. The Hall–Kier alpha value is -2.83. The zero-order valence-electron chi connectivity index (χ0n) is 17.2. The molecular weight excluding hydrogens is 432 g/mol. The van der Waals surface area contributed by atoms with Gasteiger partial charge < -0.3 is 5.32 Å². The summed E-state index contributed by atoms with van der Waals surface area (Å²) in [5.41, 5.74) is 2.98. The van der Waals surface area contributed by atoms with Crippen LogP contribution in [0.2, 0.25) is 5.02 Å². The van der Waals surface area contributed by atoms with Crippen molar-refractivity contribution in [3.05, 3.63) is 94.5 Å². The highest BCUT2D eigenvalue weighted by Gasteiger charge is 2.36. The van der Waals surface area contributed by atoms with Crippen molar-refractivity contribution in [2.45, 2.75) is 37.2 Å². The van der Waals surface area contributed by atoms with Crippen LogP contribution >= 0.6 is 11.6 Å². The summed E-state index contributed by atoms with van der Waals surface area (Å²) in [7, 11) is -3.73. The Morgan fingerprint density at radius 1 is 1.06 bits per heavy atom. The molecule has 3 aromatic rings. The molecule has 0 saturated heterocycles. The Morgan fingerprint density at radius 2 is 1.74 bits per heavy atom. The number of sulfonamides is 1. The lowest BCUT2D eigenvalue weighted by molar-refractivity contribution is 0.0940. The second kappa shape index (κ2) is 8.36. The van der Waals surface area contributed by atoms with Gasteiger partial charge in [0.15, 0.2) is 0 Å². The molecule has 0 fully saturated rings. The maximum Gasteiger partial charge on any atom is 0.264 e. The van der Waals surface area contributed by atoms with Gasteiger partial charge in [-0.15, -0.1) is 0 Å². The minimum Gasteiger partial charge on any atom is -0.346 e. The van der Waals surface area contributed by atoms with Crippen LogP contribution in [0.3, 0.4) is 0 Å². The molecule has 0 unspecified atom stereocenters. The van der Waals surface area contributed by atoms with E-state index in [0.29, 0.717) is 22.7 Å². The lowest BCUT2D eigenvalue weighted by Crippen LogP contribution is -2.35. The first-order valence-corrected chi connectivity index (χ1v) is 11.9. The fourth-order valence-electron chi connectivity index (χ4n) is 3.94. The summed E-state index contributed by atoms with van der Waals surface area (Å²) in [5.74, 6) is -0.189. The normalized spacial score (nSPS) is 16.6. The summed E-state index contributed by atoms with van der Waals surface area (Å²) in [6.07, 6.45) is 0.539. The van der Waals surface area contributed by atoms with Gasteiger partial charge in [0.05, 0.1) is 16.6 Å². The largest absolute Gasteiger partial charge is 0.346 e. The van der Waals surface area contributed by atoms with Crippen molar-refractivity contribution in [3.63, 3.8) is 0 Å². The van der Waals surface area contributed by atoms with Crippen molar-refractivity contribution in [1.29, 1.82) is 0 Å². The van der Waals surface area contributed by atoms with Crippen molar-refractivity contribution in [3.8, 4) is 0 Å². The third kappa shape index (κ3) is 4.18. The Balaban J connectivity index is 1.59. The van der Waals surface area contributed by atoms with Crippen LogP contribution in [0.5, 0.6) is 0 Å². The zero-order valence-corrected chi connectivity index (χ0v) is 18.8. The molecule has 1 aliphatic rings. The van der Waals surface area contributed by atoms with Gasteiger partial charge in [-0.25, -0.2) is 8.42 Å². The van der Waals surface area contributed by atoms with E-state index in [1.54, 1.807) is 30.3 Å². The molecule has 0 aliphatic carbocycles. The molecule has 4 rings (SSSR count). The van der Waals surface area contributed by atoms with Crippen LogP contribution in [0.1, 0.15) is 41.4 Å². The van der Waals surface area contributed by atoms with E-state index in [9.17, 15) is 13.2 Å². The van der Waals surface area contributed by atoms with Crippen molar-refractivity contribution in [2.24, 2.45) is 0 Å². The van der Waals surface area contributed by atoms with Crippen LogP contribution in [0.4, 0.5) is 5.69 Å². The lowest BCUT2D eigenvalue weighted by Gasteiger charge is -2.24. The SMILES string of the molecule is C[C@H](NC(=O)c1ccc2c(c1)C[C@H](C)N2S(=O)(=O)c1ccc(Cl)cc1)c1ccccc1. The van der Waals surface area contributed by atoms with Gasteiger partial charge in [-0.3, -0.25) is 9.10 Å². The Labute approximate surface area is 187 Å². The quantitative estimate of drug-likeness (QED) is 0.591. The summed E-state index contributed by atoms with van der Waals surface area (Å²) in [4.78, 5) is 13.0. The molecule has 7 heteroatoms.